The third-order valence-corrected chi connectivity index (χ3v) is 3.89. The van der Waals surface area contributed by atoms with Crippen LogP contribution in [0.4, 0.5) is 10.5 Å². The van der Waals surface area contributed by atoms with Crippen molar-refractivity contribution in [1.29, 1.82) is 0 Å². The van der Waals surface area contributed by atoms with Gasteiger partial charge in [-0.2, -0.15) is 4.99 Å². The summed E-state index contributed by atoms with van der Waals surface area (Å²) >= 11 is 0. The van der Waals surface area contributed by atoms with Gasteiger partial charge in [0, 0.05) is 24.3 Å². The van der Waals surface area contributed by atoms with E-state index in [4.69, 9.17) is 9.47 Å². The van der Waals surface area contributed by atoms with Crippen molar-refractivity contribution in [3.8, 4) is 5.75 Å². The fraction of sp³-hybridized carbons (Fsp3) is 0.263. The summed E-state index contributed by atoms with van der Waals surface area (Å²) in [6.45, 7) is 2.69. The second kappa shape index (κ2) is 8.30. The van der Waals surface area contributed by atoms with Gasteiger partial charge >= 0.3 is 6.03 Å². The summed E-state index contributed by atoms with van der Waals surface area (Å²) in [7, 11) is 1.60. The normalized spacial score (nSPS) is 14.9. The van der Waals surface area contributed by atoms with Crippen LogP contribution in [0.15, 0.2) is 59.6 Å². The average molecular weight is 339 g/mol. The predicted molar refractivity (Wildman–Crippen MR) is 97.4 cm³/mol. The van der Waals surface area contributed by atoms with Gasteiger partial charge in [0.25, 0.3) is 0 Å². The van der Waals surface area contributed by atoms with E-state index in [-0.39, 0.29) is 0 Å². The molecule has 0 saturated carbocycles. The summed E-state index contributed by atoms with van der Waals surface area (Å²) in [5.74, 6) is 1.40. The molecule has 0 unspecified atom stereocenters. The molecule has 1 aliphatic heterocycles. The van der Waals surface area contributed by atoms with E-state index in [2.05, 4.69) is 15.2 Å². The highest BCUT2D eigenvalue weighted by Gasteiger charge is 2.18. The van der Waals surface area contributed by atoms with Crippen molar-refractivity contribution in [2.45, 2.75) is 0 Å². The summed E-state index contributed by atoms with van der Waals surface area (Å²) in [5, 5.41) is 2.79. The van der Waals surface area contributed by atoms with E-state index < -0.39 is 6.03 Å². The van der Waals surface area contributed by atoms with Gasteiger partial charge in [0.05, 0.1) is 20.3 Å². The molecule has 130 valence electrons. The topological polar surface area (TPSA) is 63.2 Å². The molecule has 2 aromatic carbocycles. The van der Waals surface area contributed by atoms with Crippen LogP contribution in [0.25, 0.3) is 0 Å². The van der Waals surface area contributed by atoms with E-state index in [1.165, 1.54) is 0 Å². The molecule has 2 amide bonds. The third kappa shape index (κ3) is 4.58. The molecule has 3 rings (SSSR count). The van der Waals surface area contributed by atoms with Crippen LogP contribution < -0.4 is 10.1 Å². The Morgan fingerprint density at radius 3 is 2.40 bits per heavy atom. The molecule has 0 radical (unpaired) electrons. The molecule has 25 heavy (non-hydrogen) atoms. The molecule has 1 N–H and O–H groups in total. The molecule has 0 aromatic heterocycles. The Labute approximate surface area is 147 Å². The number of nitrogens with zero attached hydrogens (tertiary/aromatic N) is 2. The van der Waals surface area contributed by atoms with Gasteiger partial charge in [-0.1, -0.05) is 30.3 Å². The number of amidine groups is 1. The van der Waals surface area contributed by atoms with Gasteiger partial charge in [0.1, 0.15) is 11.6 Å². The predicted octanol–water partition coefficient (Wildman–Crippen LogP) is 3.01. The van der Waals surface area contributed by atoms with E-state index >= 15 is 0 Å². The number of morpholine rings is 1. The molecule has 0 spiro atoms. The van der Waals surface area contributed by atoms with Crippen LogP contribution in [-0.2, 0) is 4.74 Å². The van der Waals surface area contributed by atoms with Crippen LogP contribution in [0.5, 0.6) is 5.75 Å². The minimum absolute atomic E-state index is 0.407. The van der Waals surface area contributed by atoms with Crippen molar-refractivity contribution in [3.63, 3.8) is 0 Å². The molecule has 2 aromatic rings. The maximum absolute atomic E-state index is 12.4. The molecule has 1 fully saturated rings. The Kier molecular flexibility index (Phi) is 5.64. The quantitative estimate of drug-likeness (QED) is 0.690. The Hall–Kier alpha value is -2.86. The Morgan fingerprint density at radius 1 is 1.08 bits per heavy atom. The number of urea groups is 1. The first kappa shape index (κ1) is 17.0. The van der Waals surface area contributed by atoms with E-state index in [9.17, 15) is 4.79 Å². The van der Waals surface area contributed by atoms with Crippen LogP contribution in [0.3, 0.4) is 0 Å². The number of methoxy groups -OCH3 is 1. The highest BCUT2D eigenvalue weighted by molar-refractivity contribution is 6.07. The van der Waals surface area contributed by atoms with Crippen molar-refractivity contribution in [2.75, 3.05) is 38.7 Å². The fourth-order valence-electron chi connectivity index (χ4n) is 2.60. The molecule has 1 heterocycles. The van der Waals surface area contributed by atoms with Crippen LogP contribution >= 0.6 is 0 Å². The van der Waals surface area contributed by atoms with Crippen LogP contribution in [0, 0.1) is 0 Å². The number of carbonyl (C=O) groups is 1. The summed E-state index contributed by atoms with van der Waals surface area (Å²) in [6, 6.07) is 16.5. The molecule has 6 nitrogen and oxygen atoms in total. The first-order valence-electron chi connectivity index (χ1n) is 8.18. The van der Waals surface area contributed by atoms with Crippen molar-refractivity contribution in [3.05, 3.63) is 60.2 Å². The van der Waals surface area contributed by atoms with Gasteiger partial charge in [-0.15, -0.1) is 0 Å². The summed E-state index contributed by atoms with van der Waals surface area (Å²) in [6.07, 6.45) is 0. The lowest BCUT2D eigenvalue weighted by Gasteiger charge is -2.29. The first-order chi connectivity index (χ1) is 12.3. The first-order valence-corrected chi connectivity index (χ1v) is 8.18. The Bertz CT molecular complexity index is 723. The number of carbonyl (C=O) groups excluding carboxylic acids is 1. The number of ether oxygens (including phenoxy) is 2. The zero-order chi connectivity index (χ0) is 17.5. The zero-order valence-corrected chi connectivity index (χ0v) is 14.1. The lowest BCUT2D eigenvalue weighted by Crippen LogP contribution is -2.41. The summed E-state index contributed by atoms with van der Waals surface area (Å²) < 4.78 is 10.5. The standard InChI is InChI=1S/C19H21N3O3/c1-24-17-9-7-16(8-10-17)20-19(23)21-18(15-5-3-2-4-6-15)22-11-13-25-14-12-22/h2-10H,11-14H2,1H3,(H,20,23)/b21-18+. The number of benzene rings is 2. The molecular formula is C19H21N3O3. The molecule has 1 saturated heterocycles. The second-order valence-corrected chi connectivity index (χ2v) is 5.56. The van der Waals surface area contributed by atoms with Crippen molar-refractivity contribution < 1.29 is 14.3 Å². The Balaban J connectivity index is 1.79. The lowest BCUT2D eigenvalue weighted by molar-refractivity contribution is 0.0682. The second-order valence-electron chi connectivity index (χ2n) is 5.56. The average Bonchev–Trinajstić information content (AvgIpc) is 2.68. The van der Waals surface area contributed by atoms with Gasteiger partial charge in [-0.25, -0.2) is 4.79 Å². The number of rotatable bonds is 3. The zero-order valence-electron chi connectivity index (χ0n) is 14.1. The van der Waals surface area contributed by atoms with Crippen LogP contribution in [-0.4, -0.2) is 50.2 Å². The van der Waals surface area contributed by atoms with Gasteiger partial charge < -0.3 is 19.7 Å². The lowest BCUT2D eigenvalue weighted by atomic mass is 10.2. The largest absolute Gasteiger partial charge is 0.497 e. The SMILES string of the molecule is COc1ccc(NC(=O)/N=C(\c2ccccc2)N2CCOCC2)cc1. The number of hydrogen-bond donors (Lipinski definition) is 1. The molecular weight excluding hydrogens is 318 g/mol. The third-order valence-electron chi connectivity index (χ3n) is 3.89. The number of nitrogens with one attached hydrogen (secondary N) is 1. The number of anilines is 1. The van der Waals surface area contributed by atoms with Gasteiger partial charge in [0.15, 0.2) is 0 Å². The van der Waals surface area contributed by atoms with Crippen molar-refractivity contribution in [2.24, 2.45) is 4.99 Å². The monoisotopic (exact) mass is 339 g/mol. The fourth-order valence-corrected chi connectivity index (χ4v) is 2.60. The molecule has 6 heteroatoms. The van der Waals surface area contributed by atoms with Crippen LogP contribution in [0.2, 0.25) is 0 Å². The van der Waals surface area contributed by atoms with Gasteiger partial charge in [0.2, 0.25) is 0 Å². The summed E-state index contributed by atoms with van der Waals surface area (Å²) in [4.78, 5) is 18.8. The molecule has 0 bridgehead atoms. The molecule has 1 aliphatic rings. The van der Waals surface area contributed by atoms with Gasteiger partial charge in [-0.05, 0) is 24.3 Å². The number of aliphatic imine (C=N–C) groups is 1. The van der Waals surface area contributed by atoms with Crippen molar-refractivity contribution >= 4 is 17.6 Å². The van der Waals surface area contributed by atoms with Crippen molar-refractivity contribution in [1.82, 2.24) is 4.90 Å². The van der Waals surface area contributed by atoms with Crippen LogP contribution in [0.1, 0.15) is 5.56 Å². The number of amides is 2. The minimum Gasteiger partial charge on any atom is -0.497 e. The highest BCUT2D eigenvalue weighted by atomic mass is 16.5. The summed E-state index contributed by atoms with van der Waals surface area (Å²) in [5.41, 5.74) is 1.58. The molecule has 0 aliphatic carbocycles. The van der Waals surface area contributed by atoms with E-state index in [1.54, 1.807) is 31.4 Å². The highest BCUT2D eigenvalue weighted by Crippen LogP contribution is 2.16. The number of hydrogen-bond acceptors (Lipinski definition) is 3. The van der Waals surface area contributed by atoms with E-state index in [1.807, 2.05) is 30.3 Å². The van der Waals surface area contributed by atoms with E-state index in [0.717, 1.165) is 11.3 Å². The smallest absolute Gasteiger partial charge is 0.347 e. The molecule has 0 atom stereocenters. The van der Waals surface area contributed by atoms with Gasteiger partial charge in [-0.3, -0.25) is 0 Å². The Morgan fingerprint density at radius 2 is 1.76 bits per heavy atom. The minimum atomic E-state index is -0.407. The van der Waals surface area contributed by atoms with E-state index in [0.29, 0.717) is 37.8 Å². The maximum atomic E-state index is 12.4. The maximum Gasteiger partial charge on any atom is 0.347 e.